The summed E-state index contributed by atoms with van der Waals surface area (Å²) in [6.45, 7) is 0. The maximum absolute atomic E-state index is 10.1. The smallest absolute Gasteiger partial charge is 0.676 e. The van der Waals surface area contributed by atoms with E-state index in [1.54, 1.807) is 0 Å². The van der Waals surface area contributed by atoms with Crippen LogP contribution in [0.2, 0.25) is 0 Å². The van der Waals surface area contributed by atoms with Crippen LogP contribution in [0, 0.1) is 0 Å². The molecule has 9 nitrogen and oxygen atoms in total. The van der Waals surface area contributed by atoms with Crippen molar-refractivity contribution >= 4 is 12.3 Å². The zero-order valence-corrected chi connectivity index (χ0v) is 13.3. The number of hydrogen-bond donors (Lipinski definition) is 5. The van der Waals surface area contributed by atoms with Gasteiger partial charge >= 0.3 is 27.0 Å². The van der Waals surface area contributed by atoms with Crippen LogP contribution in [0.25, 0.3) is 11.5 Å². The zero-order valence-electron chi connectivity index (χ0n) is 11.0. The number of aliphatic carboxylic acids is 1. The molecule has 0 amide bonds. The molecule has 10 heteroatoms. The molecule has 6 unspecified atom stereocenters. The predicted molar refractivity (Wildman–Crippen MR) is 67.8 cm³/mol. The summed E-state index contributed by atoms with van der Waals surface area (Å²) in [5.41, 5.74) is 14.3. The van der Waals surface area contributed by atoms with Crippen molar-refractivity contribution in [3.63, 3.8) is 0 Å². The fourth-order valence-corrected chi connectivity index (χ4v) is 1.58. The molecular formula is C11H20N2O7Pt. The van der Waals surface area contributed by atoms with Gasteiger partial charge in [-0.1, -0.05) is 19.3 Å². The number of aliphatic hydroxyl groups excluding tert-OH is 4. The van der Waals surface area contributed by atoms with Crippen molar-refractivity contribution in [3.8, 4) is 0 Å². The molecule has 21 heavy (non-hydrogen) atoms. The normalized spacial score (nSPS) is 26.4. The summed E-state index contributed by atoms with van der Waals surface area (Å²) in [7, 11) is 0. The number of aliphatic hydroxyl groups is 4. The molecule has 0 saturated heterocycles. The van der Waals surface area contributed by atoms with Gasteiger partial charge in [-0.2, -0.15) is 12.1 Å². The van der Waals surface area contributed by atoms with Gasteiger partial charge in [0.05, 0.1) is 0 Å². The number of carbonyl (C=O) groups is 2. The predicted octanol–water partition coefficient (Wildman–Crippen LogP) is -1.28. The number of carboxylic acid groups (broad SMARTS) is 1. The van der Waals surface area contributed by atoms with Crippen LogP contribution in [0.15, 0.2) is 0 Å². The average molecular weight is 487 g/mol. The summed E-state index contributed by atoms with van der Waals surface area (Å²) in [5, 5.41) is 43.2. The van der Waals surface area contributed by atoms with Crippen LogP contribution in [0.5, 0.6) is 0 Å². The molecule has 1 aliphatic carbocycles. The Labute approximate surface area is 136 Å². The fraction of sp³-hybridized carbons (Fsp3) is 0.818. The molecule has 0 spiro atoms. The molecule has 0 bridgehead atoms. The molecule has 1 saturated carbocycles. The van der Waals surface area contributed by atoms with E-state index in [2.05, 4.69) is 0 Å². The van der Waals surface area contributed by atoms with Gasteiger partial charge in [-0.25, -0.2) is 4.79 Å². The first-order valence-corrected chi connectivity index (χ1v) is 6.05. The molecule has 7 N–H and O–H groups in total. The molecule has 1 rings (SSSR count). The molecule has 0 aromatic rings. The van der Waals surface area contributed by atoms with Gasteiger partial charge in [-0.3, -0.25) is 0 Å². The molecule has 0 aromatic heterocycles. The van der Waals surface area contributed by atoms with Crippen molar-refractivity contribution in [2.24, 2.45) is 0 Å². The molecule has 0 radical (unpaired) electrons. The second kappa shape index (κ2) is 11.2. The molecule has 126 valence electrons. The van der Waals surface area contributed by atoms with E-state index in [1.807, 2.05) is 0 Å². The Hall–Kier alpha value is -0.412. The van der Waals surface area contributed by atoms with Crippen molar-refractivity contribution in [1.82, 2.24) is 0 Å². The Morgan fingerprint density at radius 2 is 1.48 bits per heavy atom. The number of rotatable bonds is 5. The summed E-state index contributed by atoms with van der Waals surface area (Å²) >= 11 is 0. The number of hydrogen-bond acceptors (Lipinski definition) is 6. The minimum Gasteiger partial charge on any atom is -0.676 e. The summed E-state index contributed by atoms with van der Waals surface area (Å²) < 4.78 is 0. The second-order valence-corrected chi connectivity index (χ2v) is 4.53. The molecular weight excluding hydrogens is 467 g/mol. The van der Waals surface area contributed by atoms with E-state index in [1.165, 1.54) is 0 Å². The number of carboxylic acids is 1. The van der Waals surface area contributed by atoms with E-state index < -0.39 is 30.4 Å². The Morgan fingerprint density at radius 3 is 1.71 bits per heavy atom. The van der Waals surface area contributed by atoms with E-state index in [9.17, 15) is 9.59 Å². The zero-order chi connectivity index (χ0) is 15.9. The van der Waals surface area contributed by atoms with Crippen LogP contribution in [0.1, 0.15) is 19.3 Å². The number of aldehydes is 1. The van der Waals surface area contributed by atoms with Crippen molar-refractivity contribution in [2.45, 2.75) is 55.8 Å². The minimum atomic E-state index is -2.25. The van der Waals surface area contributed by atoms with Gasteiger partial charge in [0.15, 0.2) is 12.4 Å². The maximum Gasteiger partial charge on any atom is 2.00 e. The second-order valence-electron chi connectivity index (χ2n) is 4.53. The van der Waals surface area contributed by atoms with Crippen molar-refractivity contribution in [2.75, 3.05) is 0 Å². The first-order chi connectivity index (χ1) is 9.22. The van der Waals surface area contributed by atoms with Crippen LogP contribution in [0.3, 0.4) is 0 Å². The van der Waals surface area contributed by atoms with Crippen LogP contribution < -0.4 is 0 Å². The molecule has 6 atom stereocenters. The third kappa shape index (κ3) is 7.96. The van der Waals surface area contributed by atoms with Crippen LogP contribution in [-0.2, 0) is 30.7 Å². The van der Waals surface area contributed by atoms with E-state index in [-0.39, 0.29) is 39.4 Å². The van der Waals surface area contributed by atoms with Crippen LogP contribution in [0.4, 0.5) is 0 Å². The molecule has 1 aliphatic rings. The average Bonchev–Trinajstić information content (AvgIpc) is 2.79. The van der Waals surface area contributed by atoms with E-state index in [0.717, 1.165) is 19.3 Å². The van der Waals surface area contributed by atoms with E-state index in [4.69, 9.17) is 37.0 Å². The molecule has 0 heterocycles. The van der Waals surface area contributed by atoms with Gasteiger partial charge < -0.3 is 41.8 Å². The van der Waals surface area contributed by atoms with Crippen LogP contribution in [-0.4, -0.2) is 74.3 Å². The third-order valence-corrected chi connectivity index (χ3v) is 2.93. The largest absolute Gasteiger partial charge is 2.00 e. The first kappa shape index (κ1) is 22.9. The summed E-state index contributed by atoms with van der Waals surface area (Å²) in [5.74, 6) is -1.76. The van der Waals surface area contributed by atoms with Crippen LogP contribution >= 0.6 is 0 Å². The summed E-state index contributed by atoms with van der Waals surface area (Å²) in [4.78, 5) is 20.0. The Kier molecular flexibility index (Phi) is 12.2. The standard InChI is InChI=1S/C6H10O7.C5H10N2.Pt/c7-1-2(8)3(9)4(10)5(11)6(12)13;6-4-2-1-3-5(4)7;/h1-5,8-11H,(H,12,13);4-7H,1-3H2;/q;-2;+2. The topological polar surface area (TPSA) is 183 Å². The summed E-state index contributed by atoms with van der Waals surface area (Å²) in [6, 6.07) is -0.139. The third-order valence-electron chi connectivity index (χ3n) is 2.93. The monoisotopic (exact) mass is 487 g/mol. The van der Waals surface area contributed by atoms with Gasteiger partial charge in [0.2, 0.25) is 0 Å². The van der Waals surface area contributed by atoms with E-state index in [0.29, 0.717) is 0 Å². The fourth-order valence-electron chi connectivity index (χ4n) is 1.58. The van der Waals surface area contributed by atoms with E-state index >= 15 is 0 Å². The minimum absolute atomic E-state index is 0. The van der Waals surface area contributed by atoms with Gasteiger partial charge in [-0.15, -0.1) is 0 Å². The number of carbonyl (C=O) groups excluding carboxylic acids is 1. The van der Waals surface area contributed by atoms with Gasteiger partial charge in [0.1, 0.15) is 18.3 Å². The Morgan fingerprint density at radius 1 is 1.05 bits per heavy atom. The van der Waals surface area contributed by atoms with Gasteiger partial charge in [0, 0.05) is 0 Å². The van der Waals surface area contributed by atoms with Crippen molar-refractivity contribution < 1.29 is 56.2 Å². The van der Waals surface area contributed by atoms with Gasteiger partial charge in [-0.05, 0) is 0 Å². The van der Waals surface area contributed by atoms with Gasteiger partial charge in [0.25, 0.3) is 0 Å². The molecule has 0 aromatic carbocycles. The van der Waals surface area contributed by atoms with Crippen molar-refractivity contribution in [1.29, 1.82) is 0 Å². The van der Waals surface area contributed by atoms with Crippen molar-refractivity contribution in [3.05, 3.63) is 11.5 Å². The Bertz CT molecular complexity index is 313. The molecule has 1 fully saturated rings. The SMILES string of the molecule is O=CC(O)C(O)C(O)C(O)C(=O)O.[NH-]C1CCCC1[NH-].[Pt+2]. The summed E-state index contributed by atoms with van der Waals surface area (Å²) in [6.07, 6.45) is -5.39. The maximum atomic E-state index is 10.1. The first-order valence-electron chi connectivity index (χ1n) is 6.05. The number of nitrogens with one attached hydrogen (secondary N) is 2. The molecule has 0 aliphatic heterocycles. The quantitative estimate of drug-likeness (QED) is 0.299. The Balaban J connectivity index is 0.